The van der Waals surface area contributed by atoms with Gasteiger partial charge in [-0.05, 0) is 60.0 Å². The second kappa shape index (κ2) is 5.59. The smallest absolute Gasteiger partial charge is 0.261 e. The highest BCUT2D eigenvalue weighted by Gasteiger charge is 2.17. The first kappa shape index (κ1) is 15.4. The van der Waals surface area contributed by atoms with E-state index in [1.165, 1.54) is 12.1 Å². The number of hydrogen-bond donors (Lipinski definition) is 2. The van der Waals surface area contributed by atoms with Crippen molar-refractivity contribution >= 4 is 26.5 Å². The highest BCUT2D eigenvalue weighted by molar-refractivity contribution is 7.92. The van der Waals surface area contributed by atoms with Gasteiger partial charge >= 0.3 is 0 Å². The third-order valence-corrected chi connectivity index (χ3v) is 5.13. The molecule has 0 aliphatic rings. The van der Waals surface area contributed by atoms with Crippen LogP contribution in [0.3, 0.4) is 0 Å². The second-order valence-electron chi connectivity index (χ2n) is 5.57. The number of benzene rings is 3. The Balaban J connectivity index is 2.04. The highest BCUT2D eigenvalue weighted by atomic mass is 32.2. The van der Waals surface area contributed by atoms with Crippen LogP contribution in [0.4, 0.5) is 5.69 Å². The summed E-state index contributed by atoms with van der Waals surface area (Å²) >= 11 is 0. The lowest BCUT2D eigenvalue weighted by atomic mass is 10.1. The molecule has 0 radical (unpaired) electrons. The monoisotopic (exact) mass is 327 g/mol. The van der Waals surface area contributed by atoms with Crippen LogP contribution in [0.25, 0.3) is 10.8 Å². The van der Waals surface area contributed by atoms with Gasteiger partial charge in [0.05, 0.1) is 10.6 Å². The summed E-state index contributed by atoms with van der Waals surface area (Å²) in [7, 11) is -3.69. The van der Waals surface area contributed by atoms with Gasteiger partial charge < -0.3 is 5.11 Å². The standard InChI is InChI=1S/C18H17NO3S/c1-12-9-16(20)10-13(2)18(12)19-23(21,22)17-8-7-14-5-3-4-6-15(14)11-17/h3-11,19-20H,1-2H3. The number of hydrogen-bond acceptors (Lipinski definition) is 3. The van der Waals surface area contributed by atoms with Crippen LogP contribution >= 0.6 is 0 Å². The third kappa shape index (κ3) is 3.00. The Morgan fingerprint density at radius 2 is 1.48 bits per heavy atom. The Morgan fingerprint density at radius 1 is 0.870 bits per heavy atom. The van der Waals surface area contributed by atoms with Gasteiger partial charge in [-0.2, -0.15) is 0 Å². The lowest BCUT2D eigenvalue weighted by molar-refractivity contribution is 0.474. The molecule has 4 nitrogen and oxygen atoms in total. The van der Waals surface area contributed by atoms with E-state index in [0.717, 1.165) is 10.8 Å². The van der Waals surface area contributed by atoms with E-state index < -0.39 is 10.0 Å². The Labute approximate surface area is 135 Å². The number of rotatable bonds is 3. The highest BCUT2D eigenvalue weighted by Crippen LogP contribution is 2.28. The van der Waals surface area contributed by atoms with Crippen molar-refractivity contribution in [2.45, 2.75) is 18.7 Å². The summed E-state index contributed by atoms with van der Waals surface area (Å²) in [6, 6.07) is 15.7. The first-order valence-corrected chi connectivity index (χ1v) is 8.67. The fourth-order valence-corrected chi connectivity index (χ4v) is 3.87. The lowest BCUT2D eigenvalue weighted by Crippen LogP contribution is -2.14. The molecule has 118 valence electrons. The molecule has 0 amide bonds. The number of sulfonamides is 1. The minimum Gasteiger partial charge on any atom is -0.508 e. The van der Waals surface area contributed by atoms with Gasteiger partial charge in [0.2, 0.25) is 0 Å². The zero-order valence-corrected chi connectivity index (χ0v) is 13.7. The molecule has 0 bridgehead atoms. The average Bonchev–Trinajstić information content (AvgIpc) is 2.50. The van der Waals surface area contributed by atoms with Crippen LogP contribution in [0, 0.1) is 13.8 Å². The first-order valence-electron chi connectivity index (χ1n) is 7.19. The summed E-state index contributed by atoms with van der Waals surface area (Å²) in [5, 5.41) is 11.4. The molecule has 3 aromatic rings. The van der Waals surface area contributed by atoms with Gasteiger partial charge in [0.1, 0.15) is 5.75 Å². The van der Waals surface area contributed by atoms with Crippen molar-refractivity contribution in [2.24, 2.45) is 0 Å². The summed E-state index contributed by atoms with van der Waals surface area (Å²) in [5.74, 6) is 0.119. The molecule has 0 saturated carbocycles. The lowest BCUT2D eigenvalue weighted by Gasteiger charge is -2.14. The molecular formula is C18H17NO3S. The predicted octanol–water partition coefficient (Wildman–Crippen LogP) is 3.96. The van der Waals surface area contributed by atoms with Crippen molar-refractivity contribution in [3.8, 4) is 5.75 Å². The molecule has 0 spiro atoms. The molecule has 0 aromatic heterocycles. The fraction of sp³-hybridized carbons (Fsp3) is 0.111. The largest absolute Gasteiger partial charge is 0.508 e. The van der Waals surface area contributed by atoms with E-state index in [0.29, 0.717) is 16.8 Å². The fourth-order valence-electron chi connectivity index (χ4n) is 2.63. The van der Waals surface area contributed by atoms with Gasteiger partial charge in [-0.1, -0.05) is 30.3 Å². The summed E-state index contributed by atoms with van der Waals surface area (Å²) in [4.78, 5) is 0.211. The van der Waals surface area contributed by atoms with E-state index in [9.17, 15) is 13.5 Å². The van der Waals surface area contributed by atoms with Crippen LogP contribution in [-0.2, 0) is 10.0 Å². The van der Waals surface area contributed by atoms with Crippen LogP contribution in [0.15, 0.2) is 59.5 Å². The molecule has 0 saturated heterocycles. The molecule has 0 unspecified atom stereocenters. The van der Waals surface area contributed by atoms with E-state index in [4.69, 9.17) is 0 Å². The molecule has 0 fully saturated rings. The number of phenolic OH excluding ortho intramolecular Hbond substituents is 1. The van der Waals surface area contributed by atoms with E-state index in [-0.39, 0.29) is 10.6 Å². The molecule has 2 N–H and O–H groups in total. The summed E-state index contributed by atoms with van der Waals surface area (Å²) in [5.41, 5.74) is 1.84. The van der Waals surface area contributed by atoms with Gasteiger partial charge in [-0.25, -0.2) is 8.42 Å². The topological polar surface area (TPSA) is 66.4 Å². The van der Waals surface area contributed by atoms with Gasteiger partial charge in [0.25, 0.3) is 10.0 Å². The van der Waals surface area contributed by atoms with E-state index in [2.05, 4.69) is 4.72 Å². The molecule has 0 aliphatic carbocycles. The molecule has 3 aromatic carbocycles. The molecule has 23 heavy (non-hydrogen) atoms. The van der Waals surface area contributed by atoms with Crippen molar-refractivity contribution in [1.82, 2.24) is 0 Å². The molecular weight excluding hydrogens is 310 g/mol. The molecule has 3 rings (SSSR count). The van der Waals surface area contributed by atoms with E-state index >= 15 is 0 Å². The number of nitrogens with one attached hydrogen (secondary N) is 1. The van der Waals surface area contributed by atoms with Crippen LogP contribution in [-0.4, -0.2) is 13.5 Å². The minimum absolute atomic E-state index is 0.119. The number of aromatic hydroxyl groups is 1. The van der Waals surface area contributed by atoms with Crippen LogP contribution in [0.2, 0.25) is 0 Å². The molecule has 0 aliphatic heterocycles. The molecule has 0 atom stereocenters. The number of fused-ring (bicyclic) bond motifs is 1. The molecule has 0 heterocycles. The van der Waals surface area contributed by atoms with Crippen molar-refractivity contribution in [3.05, 3.63) is 65.7 Å². The zero-order valence-electron chi connectivity index (χ0n) is 12.9. The SMILES string of the molecule is Cc1cc(O)cc(C)c1NS(=O)(=O)c1ccc2ccccc2c1. The van der Waals surface area contributed by atoms with Gasteiger partial charge in [0, 0.05) is 0 Å². The molecule has 5 heteroatoms. The number of aryl methyl sites for hydroxylation is 2. The predicted molar refractivity (Wildman–Crippen MR) is 92.3 cm³/mol. The summed E-state index contributed by atoms with van der Waals surface area (Å²) in [6.07, 6.45) is 0. The minimum atomic E-state index is -3.69. The number of anilines is 1. The maximum Gasteiger partial charge on any atom is 0.261 e. The maximum atomic E-state index is 12.7. The second-order valence-corrected chi connectivity index (χ2v) is 7.25. The first-order chi connectivity index (χ1) is 10.9. The normalized spacial score (nSPS) is 11.6. The third-order valence-electron chi connectivity index (χ3n) is 3.79. The Kier molecular flexibility index (Phi) is 3.74. The Morgan fingerprint density at radius 3 is 2.13 bits per heavy atom. The van der Waals surface area contributed by atoms with Crippen LogP contribution in [0.1, 0.15) is 11.1 Å². The van der Waals surface area contributed by atoms with Crippen molar-refractivity contribution in [2.75, 3.05) is 4.72 Å². The zero-order chi connectivity index (χ0) is 16.6. The van der Waals surface area contributed by atoms with E-state index in [1.807, 2.05) is 24.3 Å². The number of phenols is 1. The maximum absolute atomic E-state index is 12.7. The van der Waals surface area contributed by atoms with Crippen molar-refractivity contribution in [1.29, 1.82) is 0 Å². The van der Waals surface area contributed by atoms with Crippen LogP contribution < -0.4 is 4.72 Å². The van der Waals surface area contributed by atoms with E-state index in [1.54, 1.807) is 32.0 Å². The van der Waals surface area contributed by atoms with Gasteiger partial charge in [-0.15, -0.1) is 0 Å². The van der Waals surface area contributed by atoms with Gasteiger partial charge in [0.15, 0.2) is 0 Å². The van der Waals surface area contributed by atoms with Crippen molar-refractivity contribution < 1.29 is 13.5 Å². The Bertz CT molecular complexity index is 971. The van der Waals surface area contributed by atoms with Crippen LogP contribution in [0.5, 0.6) is 5.75 Å². The summed E-state index contributed by atoms with van der Waals surface area (Å²) < 4.78 is 27.9. The quantitative estimate of drug-likeness (QED) is 0.716. The summed E-state index contributed by atoms with van der Waals surface area (Å²) in [6.45, 7) is 3.51. The average molecular weight is 327 g/mol. The van der Waals surface area contributed by atoms with Crippen molar-refractivity contribution in [3.63, 3.8) is 0 Å². The van der Waals surface area contributed by atoms with Gasteiger partial charge in [-0.3, -0.25) is 4.72 Å². The Hall–Kier alpha value is -2.53.